The molecule has 2 aromatic carbocycles. The van der Waals surface area contributed by atoms with Crippen LogP contribution in [0.4, 0.5) is 14.5 Å². The number of para-hydroxylation sites is 1. The second-order valence-electron chi connectivity index (χ2n) is 4.56. The Kier molecular flexibility index (Phi) is 5.33. The molecule has 0 bridgehead atoms. The summed E-state index contributed by atoms with van der Waals surface area (Å²) in [6.07, 6.45) is -0.409. The van der Waals surface area contributed by atoms with Crippen molar-refractivity contribution in [3.63, 3.8) is 0 Å². The van der Waals surface area contributed by atoms with Crippen LogP contribution in [0.1, 0.15) is 13.3 Å². The van der Waals surface area contributed by atoms with E-state index in [0.29, 0.717) is 17.2 Å². The zero-order valence-electron chi connectivity index (χ0n) is 11.8. The minimum atomic E-state index is -1.03. The maximum absolute atomic E-state index is 13.1. The molecular weight excluding hydrogens is 312 g/mol. The highest BCUT2D eigenvalue weighted by Gasteiger charge is 2.20. The number of hydrogen-bond donors (Lipinski definition) is 1. The van der Waals surface area contributed by atoms with Crippen molar-refractivity contribution in [3.8, 4) is 5.75 Å². The van der Waals surface area contributed by atoms with Gasteiger partial charge in [-0.05, 0) is 30.7 Å². The lowest BCUT2D eigenvalue weighted by atomic mass is 10.2. The van der Waals surface area contributed by atoms with Crippen LogP contribution in [-0.2, 0) is 4.79 Å². The van der Waals surface area contributed by atoms with Gasteiger partial charge in [-0.3, -0.25) is 4.79 Å². The fourth-order valence-electron chi connectivity index (χ4n) is 1.81. The Hall–Kier alpha value is -2.14. The molecule has 0 fully saturated rings. The summed E-state index contributed by atoms with van der Waals surface area (Å²) >= 11 is 5.98. The first kappa shape index (κ1) is 16.2. The van der Waals surface area contributed by atoms with E-state index in [9.17, 15) is 13.6 Å². The lowest BCUT2D eigenvalue weighted by Gasteiger charge is -2.18. The van der Waals surface area contributed by atoms with Crippen molar-refractivity contribution < 1.29 is 18.3 Å². The van der Waals surface area contributed by atoms with Crippen molar-refractivity contribution in [2.75, 3.05) is 5.32 Å². The summed E-state index contributed by atoms with van der Waals surface area (Å²) in [4.78, 5) is 12.2. The third-order valence-corrected chi connectivity index (χ3v) is 3.27. The molecule has 0 radical (unpaired) electrons. The van der Waals surface area contributed by atoms with Crippen molar-refractivity contribution in [2.24, 2.45) is 0 Å². The molecule has 2 rings (SSSR count). The van der Waals surface area contributed by atoms with Crippen LogP contribution in [-0.4, -0.2) is 12.0 Å². The highest BCUT2D eigenvalue weighted by atomic mass is 35.5. The van der Waals surface area contributed by atoms with Gasteiger partial charge in [0, 0.05) is 11.8 Å². The van der Waals surface area contributed by atoms with Crippen molar-refractivity contribution in [1.29, 1.82) is 0 Å². The molecule has 2 aromatic rings. The number of rotatable bonds is 5. The molecule has 116 valence electrons. The molecule has 1 N–H and O–H groups in total. The van der Waals surface area contributed by atoms with Gasteiger partial charge in [0.05, 0.1) is 5.02 Å². The predicted octanol–water partition coefficient (Wildman–Crippen LogP) is 4.41. The first-order valence-corrected chi connectivity index (χ1v) is 7.06. The molecule has 0 aliphatic carbocycles. The zero-order chi connectivity index (χ0) is 16.1. The fourth-order valence-corrected chi connectivity index (χ4v) is 1.99. The first-order valence-electron chi connectivity index (χ1n) is 6.68. The number of anilines is 1. The van der Waals surface area contributed by atoms with E-state index in [1.165, 1.54) is 6.07 Å². The van der Waals surface area contributed by atoms with Gasteiger partial charge in [0.2, 0.25) is 0 Å². The van der Waals surface area contributed by atoms with E-state index in [0.717, 1.165) is 12.1 Å². The highest BCUT2D eigenvalue weighted by Crippen LogP contribution is 2.25. The summed E-state index contributed by atoms with van der Waals surface area (Å²) < 4.78 is 31.6. The summed E-state index contributed by atoms with van der Waals surface area (Å²) in [5.41, 5.74) is 0.158. The average Bonchev–Trinajstić information content (AvgIpc) is 2.50. The molecule has 0 aliphatic heterocycles. The van der Waals surface area contributed by atoms with E-state index in [1.54, 1.807) is 31.2 Å². The number of hydrogen-bond acceptors (Lipinski definition) is 2. The quantitative estimate of drug-likeness (QED) is 0.884. The largest absolute Gasteiger partial charge is 0.479 e. The van der Waals surface area contributed by atoms with Crippen LogP contribution in [0.15, 0.2) is 42.5 Å². The standard InChI is InChI=1S/C16H14ClF2NO2/c1-2-14(22-15-6-4-3-5-11(15)17)16(21)20-10-7-8-12(18)13(19)9-10/h3-9,14H,2H2,1H3,(H,20,21)/t14-/m0/s1. The summed E-state index contributed by atoms with van der Waals surface area (Å²) in [6.45, 7) is 1.77. The minimum Gasteiger partial charge on any atom is -0.479 e. The molecule has 0 saturated heterocycles. The number of benzene rings is 2. The van der Waals surface area contributed by atoms with E-state index in [1.807, 2.05) is 0 Å². The predicted molar refractivity (Wildman–Crippen MR) is 81.1 cm³/mol. The Labute approximate surface area is 131 Å². The topological polar surface area (TPSA) is 38.3 Å². The second kappa shape index (κ2) is 7.22. The SMILES string of the molecule is CC[C@H](Oc1ccccc1Cl)C(=O)Nc1ccc(F)c(F)c1. The average molecular weight is 326 g/mol. The van der Waals surface area contributed by atoms with E-state index >= 15 is 0 Å². The monoisotopic (exact) mass is 325 g/mol. The molecule has 0 heterocycles. The van der Waals surface area contributed by atoms with Crippen LogP contribution in [0.3, 0.4) is 0 Å². The number of halogens is 3. The van der Waals surface area contributed by atoms with Gasteiger partial charge in [-0.1, -0.05) is 30.7 Å². The Morgan fingerprint density at radius 1 is 1.23 bits per heavy atom. The Bertz CT molecular complexity index is 679. The Morgan fingerprint density at radius 2 is 1.95 bits per heavy atom. The van der Waals surface area contributed by atoms with Gasteiger partial charge < -0.3 is 10.1 Å². The van der Waals surface area contributed by atoms with Crippen LogP contribution >= 0.6 is 11.6 Å². The van der Waals surface area contributed by atoms with Gasteiger partial charge in [0.1, 0.15) is 5.75 Å². The number of amides is 1. The van der Waals surface area contributed by atoms with Crippen molar-refractivity contribution in [1.82, 2.24) is 0 Å². The van der Waals surface area contributed by atoms with Crippen LogP contribution in [0.25, 0.3) is 0 Å². The third kappa shape index (κ3) is 3.95. The number of nitrogens with one attached hydrogen (secondary N) is 1. The molecule has 22 heavy (non-hydrogen) atoms. The molecule has 0 saturated carbocycles. The van der Waals surface area contributed by atoms with Gasteiger partial charge >= 0.3 is 0 Å². The minimum absolute atomic E-state index is 0.158. The van der Waals surface area contributed by atoms with Crippen LogP contribution in [0.2, 0.25) is 5.02 Å². The van der Waals surface area contributed by atoms with E-state index in [4.69, 9.17) is 16.3 Å². The number of carbonyl (C=O) groups is 1. The smallest absolute Gasteiger partial charge is 0.265 e. The highest BCUT2D eigenvalue weighted by molar-refractivity contribution is 6.32. The maximum Gasteiger partial charge on any atom is 0.265 e. The van der Waals surface area contributed by atoms with Gasteiger partial charge in [0.15, 0.2) is 17.7 Å². The second-order valence-corrected chi connectivity index (χ2v) is 4.97. The van der Waals surface area contributed by atoms with Gasteiger partial charge in [-0.25, -0.2) is 8.78 Å². The first-order chi connectivity index (χ1) is 10.5. The maximum atomic E-state index is 13.1. The van der Waals surface area contributed by atoms with Crippen molar-refractivity contribution in [3.05, 3.63) is 59.1 Å². The molecule has 0 unspecified atom stereocenters. The lowest BCUT2D eigenvalue weighted by molar-refractivity contribution is -0.122. The van der Waals surface area contributed by atoms with Crippen LogP contribution < -0.4 is 10.1 Å². The van der Waals surface area contributed by atoms with Gasteiger partial charge in [0.25, 0.3) is 5.91 Å². The molecule has 6 heteroatoms. The third-order valence-electron chi connectivity index (χ3n) is 2.96. The summed E-state index contributed by atoms with van der Waals surface area (Å²) in [7, 11) is 0. The van der Waals surface area contributed by atoms with E-state index < -0.39 is 23.6 Å². The van der Waals surface area contributed by atoms with Gasteiger partial charge in [-0.2, -0.15) is 0 Å². The molecule has 1 amide bonds. The Balaban J connectivity index is 2.08. The lowest BCUT2D eigenvalue weighted by Crippen LogP contribution is -2.32. The zero-order valence-corrected chi connectivity index (χ0v) is 12.5. The number of ether oxygens (including phenoxy) is 1. The fraction of sp³-hybridized carbons (Fsp3) is 0.188. The summed E-state index contributed by atoms with van der Waals surface area (Å²) in [6, 6.07) is 9.92. The normalized spacial score (nSPS) is 11.8. The summed E-state index contributed by atoms with van der Waals surface area (Å²) in [5, 5.41) is 2.88. The molecule has 1 atom stereocenters. The molecular formula is C16H14ClF2NO2. The van der Waals surface area contributed by atoms with Crippen molar-refractivity contribution >= 4 is 23.2 Å². The van der Waals surface area contributed by atoms with Crippen LogP contribution in [0, 0.1) is 11.6 Å². The molecule has 0 aliphatic rings. The number of carbonyl (C=O) groups excluding carboxylic acids is 1. The van der Waals surface area contributed by atoms with Crippen molar-refractivity contribution in [2.45, 2.75) is 19.4 Å². The van der Waals surface area contributed by atoms with Crippen LogP contribution in [0.5, 0.6) is 5.75 Å². The molecule has 0 spiro atoms. The Morgan fingerprint density at radius 3 is 2.59 bits per heavy atom. The summed E-state index contributed by atoms with van der Waals surface area (Å²) in [5.74, 6) is -2.08. The molecule has 0 aromatic heterocycles. The van der Waals surface area contributed by atoms with E-state index in [2.05, 4.69) is 5.32 Å². The molecule has 3 nitrogen and oxygen atoms in total. The van der Waals surface area contributed by atoms with Gasteiger partial charge in [-0.15, -0.1) is 0 Å². The van der Waals surface area contributed by atoms with E-state index in [-0.39, 0.29) is 5.69 Å².